The molecule has 0 aromatic rings. The predicted octanol–water partition coefficient (Wildman–Crippen LogP) is 0.580. The van der Waals surface area contributed by atoms with Crippen molar-refractivity contribution in [3.8, 4) is 0 Å². The fourth-order valence-corrected chi connectivity index (χ4v) is 1.20. The minimum absolute atomic E-state index is 0.132. The van der Waals surface area contributed by atoms with Gasteiger partial charge in [-0.05, 0) is 13.5 Å². The molecule has 0 aromatic carbocycles. The van der Waals surface area contributed by atoms with Crippen LogP contribution in [0.2, 0.25) is 0 Å². The molecular formula is C7H14FNO. The number of nitrogens with one attached hydrogen (secondary N) is 1. The van der Waals surface area contributed by atoms with Gasteiger partial charge in [-0.3, -0.25) is 0 Å². The van der Waals surface area contributed by atoms with Gasteiger partial charge in [-0.15, -0.1) is 0 Å². The molecule has 1 N–H and O–H groups in total. The lowest BCUT2D eigenvalue weighted by Gasteiger charge is -2.12. The zero-order chi connectivity index (χ0) is 7.40. The molecule has 0 amide bonds. The van der Waals surface area contributed by atoms with Gasteiger partial charge in [-0.25, -0.2) is 4.39 Å². The fourth-order valence-electron chi connectivity index (χ4n) is 1.20. The quantitative estimate of drug-likeness (QED) is 0.630. The van der Waals surface area contributed by atoms with Gasteiger partial charge in [0.25, 0.3) is 0 Å². The molecule has 1 rings (SSSR count). The Labute approximate surface area is 60.8 Å². The fraction of sp³-hybridized carbons (Fsp3) is 1.00. The summed E-state index contributed by atoms with van der Waals surface area (Å²) in [7, 11) is 1.77. The number of halogens is 1. The topological polar surface area (TPSA) is 21.3 Å². The van der Waals surface area contributed by atoms with Gasteiger partial charge < -0.3 is 10.1 Å². The summed E-state index contributed by atoms with van der Waals surface area (Å²) in [6, 6.07) is 0. The molecule has 1 aliphatic rings. The highest BCUT2D eigenvalue weighted by atomic mass is 19.1. The van der Waals surface area contributed by atoms with E-state index >= 15 is 0 Å². The number of ether oxygens (including phenoxy) is 1. The molecule has 2 nitrogen and oxygen atoms in total. The van der Waals surface area contributed by atoms with E-state index in [4.69, 9.17) is 4.74 Å². The number of hydrogen-bond donors (Lipinski definition) is 1. The number of alkyl halides is 1. The Bertz CT molecular complexity index is 93.6. The highest BCUT2D eigenvalue weighted by Crippen LogP contribution is 2.18. The standard InChI is InChI=1S/C7H14FNO/c1-9-4-7(8)6-2-3-10-5-6/h6-7,9H,2-5H2,1H3/t6-,7-/m0/s1. The molecule has 1 aliphatic heterocycles. The Balaban J connectivity index is 2.18. The van der Waals surface area contributed by atoms with E-state index < -0.39 is 6.17 Å². The van der Waals surface area contributed by atoms with Gasteiger partial charge >= 0.3 is 0 Å². The van der Waals surface area contributed by atoms with Crippen LogP contribution in [-0.4, -0.2) is 33.0 Å². The first-order chi connectivity index (χ1) is 4.84. The molecule has 3 heteroatoms. The normalized spacial score (nSPS) is 28.8. The third-order valence-electron chi connectivity index (χ3n) is 1.88. The lowest BCUT2D eigenvalue weighted by molar-refractivity contribution is 0.154. The van der Waals surface area contributed by atoms with Gasteiger partial charge in [0.1, 0.15) is 6.17 Å². The summed E-state index contributed by atoms with van der Waals surface area (Å²) in [5.41, 5.74) is 0. The van der Waals surface area contributed by atoms with Crippen molar-refractivity contribution >= 4 is 0 Å². The summed E-state index contributed by atoms with van der Waals surface area (Å²) < 4.78 is 18.0. The van der Waals surface area contributed by atoms with E-state index in [0.29, 0.717) is 13.2 Å². The van der Waals surface area contributed by atoms with Crippen molar-refractivity contribution in [1.82, 2.24) is 5.32 Å². The second kappa shape index (κ2) is 3.88. The van der Waals surface area contributed by atoms with E-state index in [-0.39, 0.29) is 5.92 Å². The molecule has 0 radical (unpaired) electrons. The first kappa shape index (κ1) is 7.95. The Morgan fingerprint density at radius 2 is 2.60 bits per heavy atom. The maximum atomic E-state index is 13.0. The van der Waals surface area contributed by atoms with Gasteiger partial charge in [0.2, 0.25) is 0 Å². The van der Waals surface area contributed by atoms with Gasteiger partial charge in [0.05, 0.1) is 6.61 Å². The van der Waals surface area contributed by atoms with Crippen LogP contribution in [0.15, 0.2) is 0 Å². The zero-order valence-electron chi connectivity index (χ0n) is 6.27. The van der Waals surface area contributed by atoms with E-state index in [1.807, 2.05) is 0 Å². The summed E-state index contributed by atoms with van der Waals surface area (Å²) in [6.07, 6.45) is 0.149. The van der Waals surface area contributed by atoms with E-state index in [1.165, 1.54) is 0 Å². The van der Waals surface area contributed by atoms with Crippen molar-refractivity contribution in [2.75, 3.05) is 26.8 Å². The molecule has 0 unspecified atom stereocenters. The van der Waals surface area contributed by atoms with Crippen molar-refractivity contribution in [3.63, 3.8) is 0 Å². The van der Waals surface area contributed by atoms with E-state index in [1.54, 1.807) is 7.05 Å². The van der Waals surface area contributed by atoms with Crippen molar-refractivity contribution < 1.29 is 9.13 Å². The first-order valence-corrected chi connectivity index (χ1v) is 3.71. The highest BCUT2D eigenvalue weighted by Gasteiger charge is 2.24. The molecule has 60 valence electrons. The van der Waals surface area contributed by atoms with Gasteiger partial charge in [0, 0.05) is 19.1 Å². The first-order valence-electron chi connectivity index (χ1n) is 3.71. The summed E-state index contributed by atoms with van der Waals surface area (Å²) in [5, 5.41) is 2.81. The molecule has 1 heterocycles. The average molecular weight is 147 g/mol. The Hall–Kier alpha value is -0.150. The molecule has 2 atom stereocenters. The number of rotatable bonds is 3. The lowest BCUT2D eigenvalue weighted by Crippen LogP contribution is -2.27. The smallest absolute Gasteiger partial charge is 0.118 e. The minimum atomic E-state index is -0.729. The lowest BCUT2D eigenvalue weighted by atomic mass is 10.0. The van der Waals surface area contributed by atoms with Crippen LogP contribution in [0.25, 0.3) is 0 Å². The summed E-state index contributed by atoms with van der Waals surface area (Å²) in [5.74, 6) is 0.132. The molecule has 10 heavy (non-hydrogen) atoms. The van der Waals surface area contributed by atoms with E-state index in [2.05, 4.69) is 5.32 Å². The predicted molar refractivity (Wildman–Crippen MR) is 37.7 cm³/mol. The molecule has 0 spiro atoms. The van der Waals surface area contributed by atoms with Gasteiger partial charge in [-0.1, -0.05) is 0 Å². The maximum Gasteiger partial charge on any atom is 0.118 e. The highest BCUT2D eigenvalue weighted by molar-refractivity contribution is 4.73. The number of hydrogen-bond acceptors (Lipinski definition) is 2. The van der Waals surface area contributed by atoms with Crippen LogP contribution in [0.4, 0.5) is 4.39 Å². The monoisotopic (exact) mass is 147 g/mol. The molecule has 1 fully saturated rings. The maximum absolute atomic E-state index is 13.0. The Morgan fingerprint density at radius 3 is 3.10 bits per heavy atom. The third-order valence-corrected chi connectivity index (χ3v) is 1.88. The molecular weight excluding hydrogens is 133 g/mol. The van der Waals surface area contributed by atoms with Crippen molar-refractivity contribution in [3.05, 3.63) is 0 Å². The van der Waals surface area contributed by atoms with Crippen LogP contribution in [-0.2, 0) is 4.74 Å². The van der Waals surface area contributed by atoms with Crippen molar-refractivity contribution in [2.45, 2.75) is 12.6 Å². The zero-order valence-corrected chi connectivity index (χ0v) is 6.27. The van der Waals surface area contributed by atoms with Gasteiger partial charge in [-0.2, -0.15) is 0 Å². The van der Waals surface area contributed by atoms with Crippen molar-refractivity contribution in [1.29, 1.82) is 0 Å². The van der Waals surface area contributed by atoms with E-state index in [9.17, 15) is 4.39 Å². The third kappa shape index (κ3) is 1.92. The van der Waals surface area contributed by atoms with Crippen LogP contribution in [0.1, 0.15) is 6.42 Å². The minimum Gasteiger partial charge on any atom is -0.381 e. The second-order valence-corrected chi connectivity index (χ2v) is 2.70. The molecule has 0 saturated carbocycles. The van der Waals surface area contributed by atoms with Crippen molar-refractivity contribution in [2.24, 2.45) is 5.92 Å². The Kier molecular flexibility index (Phi) is 3.09. The Morgan fingerprint density at radius 1 is 1.80 bits per heavy atom. The molecule has 1 saturated heterocycles. The van der Waals surface area contributed by atoms with Crippen LogP contribution >= 0.6 is 0 Å². The molecule has 0 aliphatic carbocycles. The van der Waals surface area contributed by atoms with Crippen LogP contribution in [0.5, 0.6) is 0 Å². The van der Waals surface area contributed by atoms with E-state index in [0.717, 1.165) is 13.0 Å². The molecule has 0 bridgehead atoms. The SMILES string of the molecule is CNC[C@H](F)[C@H]1CCOC1. The van der Waals surface area contributed by atoms with Crippen LogP contribution in [0, 0.1) is 5.92 Å². The summed E-state index contributed by atoms with van der Waals surface area (Å²) in [6.45, 7) is 1.78. The second-order valence-electron chi connectivity index (χ2n) is 2.70. The largest absolute Gasteiger partial charge is 0.381 e. The van der Waals surface area contributed by atoms with Crippen LogP contribution in [0.3, 0.4) is 0 Å². The summed E-state index contributed by atoms with van der Waals surface area (Å²) in [4.78, 5) is 0. The average Bonchev–Trinajstić information content (AvgIpc) is 2.38. The summed E-state index contributed by atoms with van der Waals surface area (Å²) >= 11 is 0. The van der Waals surface area contributed by atoms with Gasteiger partial charge in [0.15, 0.2) is 0 Å². The molecule has 0 aromatic heterocycles. The van der Waals surface area contributed by atoms with Crippen LogP contribution < -0.4 is 5.32 Å².